The Hall–Kier alpha value is -1.75. The minimum Gasteiger partial charge on any atom is -0.493 e. The average Bonchev–Trinajstić information content (AvgIpc) is 2.36. The summed E-state index contributed by atoms with van der Waals surface area (Å²) in [6.07, 6.45) is 0. The SMILES string of the molecule is COc1cc2nc([C@H](C)Cl)[nH]c(=O)c2cc1OC. The second kappa shape index (κ2) is 4.86. The standard InChI is InChI=1S/C12H13ClN2O3/c1-6(13)11-14-8-5-10(18-3)9(17-2)4-7(8)12(16)15-11/h4-6H,1-3H3,(H,14,15,16)/t6-/m0/s1. The van der Waals surface area contributed by atoms with Crippen molar-refractivity contribution < 1.29 is 9.47 Å². The van der Waals surface area contributed by atoms with E-state index in [2.05, 4.69) is 9.97 Å². The molecular formula is C12H13ClN2O3. The Bertz CT molecular complexity index is 637. The molecule has 2 aromatic rings. The van der Waals surface area contributed by atoms with E-state index < -0.39 is 0 Å². The van der Waals surface area contributed by atoms with Gasteiger partial charge in [0.1, 0.15) is 5.82 Å². The van der Waals surface area contributed by atoms with Crippen molar-refractivity contribution in [2.24, 2.45) is 0 Å². The molecular weight excluding hydrogens is 256 g/mol. The largest absolute Gasteiger partial charge is 0.493 e. The van der Waals surface area contributed by atoms with Gasteiger partial charge in [0.15, 0.2) is 11.5 Å². The summed E-state index contributed by atoms with van der Waals surface area (Å²) >= 11 is 5.92. The first kappa shape index (κ1) is 12.7. The molecule has 0 saturated heterocycles. The van der Waals surface area contributed by atoms with Crippen molar-refractivity contribution in [1.29, 1.82) is 0 Å². The van der Waals surface area contributed by atoms with Crippen LogP contribution in [0.4, 0.5) is 0 Å². The summed E-state index contributed by atoms with van der Waals surface area (Å²) in [6, 6.07) is 3.26. The zero-order valence-electron chi connectivity index (χ0n) is 10.3. The van der Waals surface area contributed by atoms with E-state index in [1.807, 2.05) is 0 Å². The van der Waals surface area contributed by atoms with Crippen molar-refractivity contribution in [2.75, 3.05) is 14.2 Å². The van der Waals surface area contributed by atoms with Crippen molar-refractivity contribution in [2.45, 2.75) is 12.3 Å². The number of benzene rings is 1. The zero-order chi connectivity index (χ0) is 13.3. The number of nitrogens with one attached hydrogen (secondary N) is 1. The van der Waals surface area contributed by atoms with Crippen LogP contribution >= 0.6 is 11.6 Å². The lowest BCUT2D eigenvalue weighted by Crippen LogP contribution is -2.12. The number of halogens is 1. The summed E-state index contributed by atoms with van der Waals surface area (Å²) in [5.41, 5.74) is 0.280. The number of hydrogen-bond donors (Lipinski definition) is 1. The Morgan fingerprint density at radius 2 is 1.89 bits per heavy atom. The van der Waals surface area contributed by atoms with E-state index in [-0.39, 0.29) is 10.9 Å². The number of hydrogen-bond acceptors (Lipinski definition) is 4. The molecule has 1 atom stereocenters. The quantitative estimate of drug-likeness (QED) is 0.867. The molecule has 0 aliphatic heterocycles. The van der Waals surface area contributed by atoms with Gasteiger partial charge in [-0.1, -0.05) is 0 Å². The van der Waals surface area contributed by atoms with E-state index >= 15 is 0 Å². The Morgan fingerprint density at radius 1 is 1.28 bits per heavy atom. The molecule has 0 bridgehead atoms. The van der Waals surface area contributed by atoms with Gasteiger partial charge in [0.05, 0.1) is 30.5 Å². The van der Waals surface area contributed by atoms with Crippen molar-refractivity contribution in [3.05, 3.63) is 28.3 Å². The van der Waals surface area contributed by atoms with Gasteiger partial charge in [-0.15, -0.1) is 11.6 Å². The molecule has 18 heavy (non-hydrogen) atoms. The van der Waals surface area contributed by atoms with Crippen LogP contribution < -0.4 is 15.0 Å². The second-order valence-electron chi connectivity index (χ2n) is 3.79. The third kappa shape index (κ3) is 2.13. The lowest BCUT2D eigenvalue weighted by molar-refractivity contribution is 0.355. The monoisotopic (exact) mass is 268 g/mol. The highest BCUT2D eigenvalue weighted by Crippen LogP contribution is 2.30. The van der Waals surface area contributed by atoms with Crippen LogP contribution in [-0.4, -0.2) is 24.2 Å². The first-order valence-electron chi connectivity index (χ1n) is 5.37. The number of alkyl halides is 1. The number of ether oxygens (including phenoxy) is 2. The number of aromatic amines is 1. The van der Waals surface area contributed by atoms with Gasteiger partial charge in [0.2, 0.25) is 0 Å². The maximum atomic E-state index is 11.9. The molecule has 1 aromatic heterocycles. The molecule has 2 rings (SSSR count). The van der Waals surface area contributed by atoms with E-state index in [4.69, 9.17) is 21.1 Å². The molecule has 0 amide bonds. The smallest absolute Gasteiger partial charge is 0.258 e. The number of methoxy groups -OCH3 is 2. The topological polar surface area (TPSA) is 64.2 Å². The Morgan fingerprint density at radius 3 is 2.44 bits per heavy atom. The zero-order valence-corrected chi connectivity index (χ0v) is 11.0. The van der Waals surface area contributed by atoms with Gasteiger partial charge >= 0.3 is 0 Å². The summed E-state index contributed by atoms with van der Waals surface area (Å²) < 4.78 is 10.3. The van der Waals surface area contributed by atoms with Crippen molar-refractivity contribution in [1.82, 2.24) is 9.97 Å². The van der Waals surface area contributed by atoms with E-state index in [1.165, 1.54) is 14.2 Å². The van der Waals surface area contributed by atoms with Crippen molar-refractivity contribution in [3.8, 4) is 11.5 Å². The Kier molecular flexibility index (Phi) is 3.43. The van der Waals surface area contributed by atoms with Gasteiger partial charge in [0, 0.05) is 6.07 Å². The fraction of sp³-hybridized carbons (Fsp3) is 0.333. The Labute approximate surface area is 109 Å². The molecule has 96 valence electrons. The van der Waals surface area contributed by atoms with Gasteiger partial charge in [-0.05, 0) is 13.0 Å². The van der Waals surface area contributed by atoms with Gasteiger partial charge in [-0.3, -0.25) is 4.79 Å². The number of aromatic nitrogens is 2. The highest BCUT2D eigenvalue weighted by Gasteiger charge is 2.12. The Balaban J connectivity index is 2.76. The van der Waals surface area contributed by atoms with Crippen LogP contribution in [0.1, 0.15) is 18.1 Å². The highest BCUT2D eigenvalue weighted by atomic mass is 35.5. The minimum atomic E-state index is -0.366. The van der Waals surface area contributed by atoms with Gasteiger partial charge in [0.25, 0.3) is 5.56 Å². The third-order valence-corrected chi connectivity index (χ3v) is 2.81. The lowest BCUT2D eigenvalue weighted by Gasteiger charge is -2.09. The van der Waals surface area contributed by atoms with Crippen LogP contribution in [0.15, 0.2) is 16.9 Å². The van der Waals surface area contributed by atoms with Crippen LogP contribution in [0, 0.1) is 0 Å². The van der Waals surface area contributed by atoms with E-state index in [0.29, 0.717) is 28.2 Å². The summed E-state index contributed by atoms with van der Waals surface area (Å²) in [6.45, 7) is 1.74. The maximum Gasteiger partial charge on any atom is 0.258 e. The van der Waals surface area contributed by atoms with Crippen LogP contribution in [0.2, 0.25) is 0 Å². The van der Waals surface area contributed by atoms with Gasteiger partial charge < -0.3 is 14.5 Å². The number of nitrogens with zero attached hydrogens (tertiary/aromatic N) is 1. The molecule has 1 N–H and O–H groups in total. The number of H-pyrrole nitrogens is 1. The molecule has 6 heteroatoms. The van der Waals surface area contributed by atoms with Crippen LogP contribution in [0.25, 0.3) is 10.9 Å². The molecule has 0 radical (unpaired) electrons. The predicted molar refractivity (Wildman–Crippen MR) is 69.7 cm³/mol. The molecule has 0 aliphatic carbocycles. The maximum absolute atomic E-state index is 11.9. The van der Waals surface area contributed by atoms with Crippen LogP contribution in [0.3, 0.4) is 0 Å². The fourth-order valence-electron chi connectivity index (χ4n) is 1.67. The first-order valence-corrected chi connectivity index (χ1v) is 5.80. The highest BCUT2D eigenvalue weighted by molar-refractivity contribution is 6.20. The third-order valence-electron chi connectivity index (χ3n) is 2.61. The lowest BCUT2D eigenvalue weighted by atomic mass is 10.2. The molecule has 1 heterocycles. The van der Waals surface area contributed by atoms with E-state index in [1.54, 1.807) is 19.1 Å². The molecule has 0 saturated carbocycles. The van der Waals surface area contributed by atoms with Crippen LogP contribution in [-0.2, 0) is 0 Å². The molecule has 0 fully saturated rings. The van der Waals surface area contributed by atoms with E-state index in [0.717, 1.165) is 0 Å². The minimum absolute atomic E-state index is 0.247. The van der Waals surface area contributed by atoms with E-state index in [9.17, 15) is 4.79 Å². The van der Waals surface area contributed by atoms with Gasteiger partial charge in [-0.2, -0.15) is 0 Å². The number of rotatable bonds is 3. The molecule has 0 unspecified atom stereocenters. The first-order chi connectivity index (χ1) is 8.56. The normalized spacial score (nSPS) is 12.4. The summed E-state index contributed by atoms with van der Waals surface area (Å²) in [4.78, 5) is 18.9. The summed E-state index contributed by atoms with van der Waals surface area (Å²) in [5, 5.41) is 0.0731. The fourth-order valence-corrected chi connectivity index (χ4v) is 1.78. The predicted octanol–water partition coefficient (Wildman–Crippen LogP) is 2.24. The van der Waals surface area contributed by atoms with Crippen LogP contribution in [0.5, 0.6) is 11.5 Å². The van der Waals surface area contributed by atoms with Crippen molar-refractivity contribution in [3.63, 3.8) is 0 Å². The number of fused-ring (bicyclic) bond motifs is 1. The summed E-state index contributed by atoms with van der Waals surface area (Å²) in [5.74, 6) is 1.45. The second-order valence-corrected chi connectivity index (χ2v) is 4.45. The van der Waals surface area contributed by atoms with Crippen molar-refractivity contribution >= 4 is 22.5 Å². The molecule has 5 nitrogen and oxygen atoms in total. The molecule has 1 aromatic carbocycles. The molecule has 0 spiro atoms. The molecule has 0 aliphatic rings. The van der Waals surface area contributed by atoms with Gasteiger partial charge in [-0.25, -0.2) is 4.98 Å². The summed E-state index contributed by atoms with van der Waals surface area (Å²) in [7, 11) is 3.04. The average molecular weight is 269 g/mol.